The molecule has 0 spiro atoms. The van der Waals surface area contributed by atoms with E-state index in [-0.39, 0.29) is 0 Å². The highest BCUT2D eigenvalue weighted by atomic mass is 79.9. The quantitative estimate of drug-likeness (QED) is 0.737. The Morgan fingerprint density at radius 3 is 3.05 bits per heavy atom. The molecule has 1 aliphatic carbocycles. The van der Waals surface area contributed by atoms with Crippen LogP contribution in [0.15, 0.2) is 22.7 Å². The molecule has 1 saturated carbocycles. The molecule has 1 fully saturated rings. The van der Waals surface area contributed by atoms with Crippen LogP contribution in [0.3, 0.4) is 0 Å². The van der Waals surface area contributed by atoms with Gasteiger partial charge in [-0.15, -0.1) is 0 Å². The molecule has 0 saturated heterocycles. The standard InChI is InChI=1S/C15H19BrN2S/c1-10-3-2-4-12(7-5-10)17-15-18-13-9-11(16)6-8-14(13)19-15/h6,8-10,12H,2-5,7H2,1H3,(H,17,18). The first-order valence-corrected chi connectivity index (χ1v) is 8.64. The van der Waals surface area contributed by atoms with Crippen molar-refractivity contribution in [1.29, 1.82) is 0 Å². The van der Waals surface area contributed by atoms with E-state index in [1.165, 1.54) is 36.8 Å². The second kappa shape index (κ2) is 5.80. The number of anilines is 1. The summed E-state index contributed by atoms with van der Waals surface area (Å²) in [4.78, 5) is 4.69. The molecule has 0 amide bonds. The molecule has 19 heavy (non-hydrogen) atoms. The van der Waals surface area contributed by atoms with Crippen LogP contribution in [-0.2, 0) is 0 Å². The van der Waals surface area contributed by atoms with Crippen molar-refractivity contribution in [3.63, 3.8) is 0 Å². The van der Waals surface area contributed by atoms with E-state index in [9.17, 15) is 0 Å². The van der Waals surface area contributed by atoms with E-state index in [1.807, 2.05) is 0 Å². The van der Waals surface area contributed by atoms with Crippen LogP contribution in [0, 0.1) is 5.92 Å². The van der Waals surface area contributed by atoms with Crippen LogP contribution in [0.1, 0.15) is 39.0 Å². The molecule has 0 radical (unpaired) electrons. The van der Waals surface area contributed by atoms with Gasteiger partial charge in [-0.1, -0.05) is 47.0 Å². The molecule has 1 aromatic carbocycles. The largest absolute Gasteiger partial charge is 0.359 e. The van der Waals surface area contributed by atoms with Crippen molar-refractivity contribution >= 4 is 42.6 Å². The number of hydrogen-bond donors (Lipinski definition) is 1. The minimum Gasteiger partial charge on any atom is -0.359 e. The van der Waals surface area contributed by atoms with Gasteiger partial charge in [0, 0.05) is 10.5 Å². The number of thiazole rings is 1. The van der Waals surface area contributed by atoms with Crippen molar-refractivity contribution < 1.29 is 0 Å². The number of halogens is 1. The summed E-state index contributed by atoms with van der Waals surface area (Å²) in [5.74, 6) is 0.887. The molecule has 102 valence electrons. The summed E-state index contributed by atoms with van der Waals surface area (Å²) in [6.07, 6.45) is 6.62. The van der Waals surface area contributed by atoms with Gasteiger partial charge in [-0.25, -0.2) is 4.98 Å². The van der Waals surface area contributed by atoms with Gasteiger partial charge in [0.05, 0.1) is 10.2 Å². The Labute approximate surface area is 126 Å². The number of fused-ring (bicyclic) bond motifs is 1. The van der Waals surface area contributed by atoms with E-state index in [0.717, 1.165) is 21.0 Å². The third kappa shape index (κ3) is 3.29. The van der Waals surface area contributed by atoms with Crippen molar-refractivity contribution in [3.8, 4) is 0 Å². The molecule has 1 aliphatic rings. The average Bonchev–Trinajstić information content (AvgIpc) is 2.65. The van der Waals surface area contributed by atoms with Crippen molar-refractivity contribution in [2.24, 2.45) is 5.92 Å². The van der Waals surface area contributed by atoms with E-state index in [2.05, 4.69) is 46.4 Å². The first kappa shape index (κ1) is 13.4. The zero-order valence-electron chi connectivity index (χ0n) is 11.2. The Morgan fingerprint density at radius 2 is 2.16 bits per heavy atom. The fourth-order valence-corrected chi connectivity index (χ4v) is 4.04. The Balaban J connectivity index is 1.73. The van der Waals surface area contributed by atoms with Crippen molar-refractivity contribution in [1.82, 2.24) is 4.98 Å². The highest BCUT2D eigenvalue weighted by molar-refractivity contribution is 9.10. The van der Waals surface area contributed by atoms with Crippen LogP contribution in [0.4, 0.5) is 5.13 Å². The van der Waals surface area contributed by atoms with E-state index in [4.69, 9.17) is 4.98 Å². The number of aromatic nitrogens is 1. The van der Waals surface area contributed by atoms with Crippen molar-refractivity contribution in [2.75, 3.05) is 5.32 Å². The number of hydrogen-bond acceptors (Lipinski definition) is 3. The maximum atomic E-state index is 4.69. The summed E-state index contributed by atoms with van der Waals surface area (Å²) in [6, 6.07) is 6.91. The van der Waals surface area contributed by atoms with Gasteiger partial charge < -0.3 is 5.32 Å². The summed E-state index contributed by atoms with van der Waals surface area (Å²) in [7, 11) is 0. The second-order valence-corrected chi connectivity index (χ2v) is 7.53. The lowest BCUT2D eigenvalue weighted by Gasteiger charge is -2.15. The minimum atomic E-state index is 0.606. The first-order chi connectivity index (χ1) is 9.20. The van der Waals surface area contributed by atoms with Crippen LogP contribution in [0.5, 0.6) is 0 Å². The molecule has 2 unspecified atom stereocenters. The molecule has 2 nitrogen and oxygen atoms in total. The van der Waals surface area contributed by atoms with Gasteiger partial charge in [0.15, 0.2) is 5.13 Å². The second-order valence-electron chi connectivity index (χ2n) is 5.59. The average molecular weight is 339 g/mol. The molecule has 1 heterocycles. The summed E-state index contributed by atoms with van der Waals surface area (Å²) < 4.78 is 2.35. The van der Waals surface area contributed by atoms with Gasteiger partial charge in [-0.3, -0.25) is 0 Å². The van der Waals surface area contributed by atoms with E-state index in [0.29, 0.717) is 6.04 Å². The topological polar surface area (TPSA) is 24.9 Å². The van der Waals surface area contributed by atoms with E-state index < -0.39 is 0 Å². The maximum Gasteiger partial charge on any atom is 0.184 e. The summed E-state index contributed by atoms with van der Waals surface area (Å²) in [5.41, 5.74) is 1.09. The molecule has 0 aliphatic heterocycles. The monoisotopic (exact) mass is 338 g/mol. The number of nitrogens with zero attached hydrogens (tertiary/aromatic N) is 1. The fraction of sp³-hybridized carbons (Fsp3) is 0.533. The number of benzene rings is 1. The predicted octanol–water partition coefficient (Wildman–Crippen LogP) is 5.44. The fourth-order valence-electron chi connectivity index (χ4n) is 2.77. The number of nitrogens with one attached hydrogen (secondary N) is 1. The maximum absolute atomic E-state index is 4.69. The molecular formula is C15H19BrN2S. The number of rotatable bonds is 2. The Kier molecular flexibility index (Phi) is 4.08. The molecule has 0 bridgehead atoms. The molecule has 1 N–H and O–H groups in total. The summed E-state index contributed by atoms with van der Waals surface area (Å²) in [6.45, 7) is 2.37. The smallest absolute Gasteiger partial charge is 0.184 e. The zero-order chi connectivity index (χ0) is 13.2. The third-order valence-corrected chi connectivity index (χ3v) is 5.40. The summed E-state index contributed by atoms with van der Waals surface area (Å²) >= 11 is 5.27. The normalized spacial score (nSPS) is 24.3. The SMILES string of the molecule is CC1CCCC(Nc2nc3cc(Br)ccc3s2)CC1. The predicted molar refractivity (Wildman–Crippen MR) is 87.0 cm³/mol. The first-order valence-electron chi connectivity index (χ1n) is 7.03. The van der Waals surface area contributed by atoms with Crippen LogP contribution >= 0.6 is 27.3 Å². The summed E-state index contributed by atoms with van der Waals surface area (Å²) in [5, 5.41) is 4.72. The van der Waals surface area contributed by atoms with Gasteiger partial charge in [0.2, 0.25) is 0 Å². The highest BCUT2D eigenvalue weighted by Gasteiger charge is 2.17. The lowest BCUT2D eigenvalue weighted by atomic mass is 10.0. The van der Waals surface area contributed by atoms with E-state index >= 15 is 0 Å². The third-order valence-electron chi connectivity index (χ3n) is 3.93. The Morgan fingerprint density at radius 1 is 1.26 bits per heavy atom. The van der Waals surface area contributed by atoms with Crippen molar-refractivity contribution in [3.05, 3.63) is 22.7 Å². The van der Waals surface area contributed by atoms with Crippen LogP contribution in [-0.4, -0.2) is 11.0 Å². The van der Waals surface area contributed by atoms with Gasteiger partial charge >= 0.3 is 0 Å². The van der Waals surface area contributed by atoms with Crippen LogP contribution in [0.2, 0.25) is 0 Å². The highest BCUT2D eigenvalue weighted by Crippen LogP contribution is 2.31. The van der Waals surface area contributed by atoms with E-state index in [1.54, 1.807) is 11.3 Å². The van der Waals surface area contributed by atoms with Crippen LogP contribution in [0.25, 0.3) is 10.2 Å². The molecular weight excluding hydrogens is 320 g/mol. The lowest BCUT2D eigenvalue weighted by molar-refractivity contribution is 0.502. The minimum absolute atomic E-state index is 0.606. The Hall–Kier alpha value is -0.610. The zero-order valence-corrected chi connectivity index (χ0v) is 13.6. The Bertz CT molecular complexity index is 566. The molecule has 4 heteroatoms. The van der Waals surface area contributed by atoms with Gasteiger partial charge in [0.1, 0.15) is 0 Å². The molecule has 2 aromatic rings. The molecule has 3 rings (SSSR count). The van der Waals surface area contributed by atoms with Crippen molar-refractivity contribution in [2.45, 2.75) is 45.1 Å². The molecule has 1 aromatic heterocycles. The van der Waals surface area contributed by atoms with Gasteiger partial charge in [0.25, 0.3) is 0 Å². The van der Waals surface area contributed by atoms with Crippen LogP contribution < -0.4 is 5.32 Å². The molecule has 2 atom stereocenters. The van der Waals surface area contributed by atoms with Gasteiger partial charge in [-0.2, -0.15) is 0 Å². The lowest BCUT2D eigenvalue weighted by Crippen LogP contribution is -2.18. The van der Waals surface area contributed by atoms with Gasteiger partial charge in [-0.05, 0) is 43.4 Å².